The molecule has 1 aliphatic heterocycles. The molecule has 1 fully saturated rings. The Bertz CT molecular complexity index is 1130. The first-order valence-corrected chi connectivity index (χ1v) is 13.3. The molecule has 0 saturated carbocycles. The summed E-state index contributed by atoms with van der Waals surface area (Å²) in [7, 11) is -3.80. The van der Waals surface area contributed by atoms with E-state index in [1.807, 2.05) is 17.9 Å². The predicted octanol–water partition coefficient (Wildman–Crippen LogP) is 3.52. The van der Waals surface area contributed by atoms with Crippen LogP contribution in [0, 0.1) is 17.0 Å². The number of aryl methyl sites for hydroxylation is 2. The van der Waals surface area contributed by atoms with Gasteiger partial charge in [-0.15, -0.1) is 11.3 Å². The molecule has 0 atom stereocenters. The fourth-order valence-electron chi connectivity index (χ4n) is 4.07. The summed E-state index contributed by atoms with van der Waals surface area (Å²) in [5.41, 5.74) is 1.25. The molecule has 9 nitrogen and oxygen atoms in total. The van der Waals surface area contributed by atoms with Gasteiger partial charge in [-0.05, 0) is 37.1 Å². The average Bonchev–Trinajstić information content (AvgIpc) is 3.19. The van der Waals surface area contributed by atoms with Gasteiger partial charge in [0.25, 0.3) is 11.6 Å². The molecule has 0 bridgehead atoms. The highest BCUT2D eigenvalue weighted by atomic mass is 32.2. The molecule has 0 unspecified atom stereocenters. The highest BCUT2D eigenvalue weighted by Crippen LogP contribution is 2.33. The van der Waals surface area contributed by atoms with E-state index < -0.39 is 14.9 Å². The van der Waals surface area contributed by atoms with Gasteiger partial charge in [-0.1, -0.05) is 20.8 Å². The van der Waals surface area contributed by atoms with Gasteiger partial charge in [0, 0.05) is 50.2 Å². The van der Waals surface area contributed by atoms with Crippen molar-refractivity contribution in [3.8, 4) is 0 Å². The lowest BCUT2D eigenvalue weighted by atomic mass is 10.2. The molecule has 2 heterocycles. The lowest BCUT2D eigenvalue weighted by Gasteiger charge is -2.35. The molecule has 33 heavy (non-hydrogen) atoms. The average molecular weight is 495 g/mol. The Morgan fingerprint density at radius 3 is 2.27 bits per heavy atom. The number of piperazine rings is 1. The highest BCUT2D eigenvalue weighted by molar-refractivity contribution is 7.89. The molecule has 3 rings (SSSR count). The fourth-order valence-corrected chi connectivity index (χ4v) is 6.63. The molecule has 0 N–H and O–H groups in total. The fraction of sp³-hybridized carbons (Fsp3) is 0.500. The van der Waals surface area contributed by atoms with Crippen LogP contribution >= 0.6 is 11.3 Å². The van der Waals surface area contributed by atoms with Crippen LogP contribution in [-0.4, -0.2) is 67.7 Å². The topological polar surface area (TPSA) is 104 Å². The number of hydrogen-bond donors (Lipinski definition) is 0. The maximum atomic E-state index is 12.9. The van der Waals surface area contributed by atoms with Crippen LogP contribution < -0.4 is 4.90 Å². The van der Waals surface area contributed by atoms with Crippen molar-refractivity contribution in [2.24, 2.45) is 0 Å². The number of sulfonamides is 1. The molecule has 1 aromatic carbocycles. The number of hydrogen-bond acceptors (Lipinski definition) is 7. The number of nitro groups is 1. The smallest absolute Gasteiger partial charge is 0.293 e. The van der Waals surface area contributed by atoms with Crippen molar-refractivity contribution in [1.29, 1.82) is 0 Å². The Hall–Kier alpha value is -2.50. The second-order valence-electron chi connectivity index (χ2n) is 7.85. The third kappa shape index (κ3) is 5.04. The van der Waals surface area contributed by atoms with Crippen LogP contribution in [0.2, 0.25) is 0 Å². The largest absolute Gasteiger partial charge is 0.362 e. The number of carbonyl (C=O) groups excluding carboxylic acids is 1. The Kier molecular flexibility index (Phi) is 7.76. The summed E-state index contributed by atoms with van der Waals surface area (Å²) in [5, 5.41) is 11.8. The summed E-state index contributed by atoms with van der Waals surface area (Å²) in [5.74, 6) is -0.0161. The van der Waals surface area contributed by atoms with Crippen LogP contribution in [0.4, 0.5) is 11.4 Å². The maximum Gasteiger partial charge on any atom is 0.293 e. The first-order chi connectivity index (χ1) is 15.6. The third-order valence-corrected chi connectivity index (χ3v) is 9.36. The molecule has 0 spiro atoms. The molecule has 0 radical (unpaired) electrons. The van der Waals surface area contributed by atoms with Gasteiger partial charge in [0.1, 0.15) is 5.69 Å². The number of benzene rings is 1. The Morgan fingerprint density at radius 2 is 1.76 bits per heavy atom. The van der Waals surface area contributed by atoms with Crippen molar-refractivity contribution in [3.05, 3.63) is 49.7 Å². The van der Waals surface area contributed by atoms with Crippen molar-refractivity contribution in [1.82, 2.24) is 9.21 Å². The van der Waals surface area contributed by atoms with E-state index in [-0.39, 0.29) is 29.6 Å². The van der Waals surface area contributed by atoms with E-state index in [1.165, 1.54) is 32.7 Å². The summed E-state index contributed by atoms with van der Waals surface area (Å²) >= 11 is 1.52. The summed E-state index contributed by atoms with van der Waals surface area (Å²) in [4.78, 5) is 29.6. The van der Waals surface area contributed by atoms with Crippen LogP contribution in [0.5, 0.6) is 0 Å². The lowest BCUT2D eigenvalue weighted by molar-refractivity contribution is -0.384. The third-order valence-electron chi connectivity index (χ3n) is 5.95. The van der Waals surface area contributed by atoms with Crippen LogP contribution in [0.1, 0.15) is 40.9 Å². The van der Waals surface area contributed by atoms with E-state index in [2.05, 4.69) is 6.92 Å². The number of nitro benzene ring substituents is 1. The molecular formula is C22H30N4O5S2. The number of thiophene rings is 1. The summed E-state index contributed by atoms with van der Waals surface area (Å²) in [6.45, 7) is 9.84. The van der Waals surface area contributed by atoms with E-state index in [0.717, 1.165) is 22.9 Å². The van der Waals surface area contributed by atoms with Crippen LogP contribution in [-0.2, 0) is 16.4 Å². The molecule has 11 heteroatoms. The SMILES string of the molecule is CCc1sc(C(=O)N2CCN(c3ccc(S(=O)(=O)N(CC)CC)cc3[N+](=O)[O-])CC2)cc1C. The van der Waals surface area contributed by atoms with E-state index in [4.69, 9.17) is 0 Å². The van der Waals surface area contributed by atoms with E-state index in [1.54, 1.807) is 18.7 Å². The highest BCUT2D eigenvalue weighted by Gasteiger charge is 2.30. The molecule has 2 aromatic rings. The molecule has 180 valence electrons. The van der Waals surface area contributed by atoms with Gasteiger partial charge in [0.2, 0.25) is 10.0 Å². The Morgan fingerprint density at radius 1 is 1.12 bits per heavy atom. The molecule has 1 aliphatic rings. The van der Waals surface area contributed by atoms with E-state index in [9.17, 15) is 23.3 Å². The van der Waals surface area contributed by atoms with Crippen molar-refractivity contribution in [2.75, 3.05) is 44.2 Å². The monoisotopic (exact) mass is 494 g/mol. The number of amides is 1. The summed E-state index contributed by atoms with van der Waals surface area (Å²) in [6, 6.07) is 6.00. The number of nitrogens with zero attached hydrogens (tertiary/aromatic N) is 4. The predicted molar refractivity (Wildman–Crippen MR) is 130 cm³/mol. The van der Waals surface area contributed by atoms with Gasteiger partial charge < -0.3 is 9.80 Å². The zero-order chi connectivity index (χ0) is 24.3. The maximum absolute atomic E-state index is 12.9. The zero-order valence-corrected chi connectivity index (χ0v) is 21.0. The van der Waals surface area contributed by atoms with Gasteiger partial charge in [-0.2, -0.15) is 4.31 Å². The molecule has 1 saturated heterocycles. The first-order valence-electron chi connectivity index (χ1n) is 11.1. The molecule has 1 aromatic heterocycles. The van der Waals surface area contributed by atoms with Crippen LogP contribution in [0.25, 0.3) is 0 Å². The molecule has 1 amide bonds. The van der Waals surface area contributed by atoms with E-state index >= 15 is 0 Å². The van der Waals surface area contributed by atoms with Crippen molar-refractivity contribution in [2.45, 2.75) is 39.0 Å². The second kappa shape index (κ2) is 10.2. The standard InChI is InChI=1S/C22H30N4O5S2/c1-5-20-16(4)14-21(32-20)22(27)24-12-10-23(11-13-24)18-9-8-17(15-19(18)26(28)29)33(30,31)25(6-2)7-3/h8-9,14-15H,5-7,10-13H2,1-4H3. The van der Waals surface area contributed by atoms with Gasteiger partial charge in [-0.25, -0.2) is 8.42 Å². The van der Waals surface area contributed by atoms with Crippen LogP contribution in [0.15, 0.2) is 29.2 Å². The zero-order valence-electron chi connectivity index (χ0n) is 19.4. The summed E-state index contributed by atoms with van der Waals surface area (Å²) in [6.07, 6.45) is 0.890. The number of carbonyl (C=O) groups is 1. The number of anilines is 1. The lowest BCUT2D eigenvalue weighted by Crippen LogP contribution is -2.48. The molecular weight excluding hydrogens is 464 g/mol. The minimum absolute atomic E-state index is 0.0161. The minimum Gasteiger partial charge on any atom is -0.362 e. The van der Waals surface area contributed by atoms with Crippen molar-refractivity contribution >= 4 is 38.6 Å². The second-order valence-corrected chi connectivity index (χ2v) is 10.9. The minimum atomic E-state index is -3.80. The van der Waals surface area contributed by atoms with Gasteiger partial charge in [0.05, 0.1) is 14.7 Å². The van der Waals surface area contributed by atoms with Crippen molar-refractivity contribution in [3.63, 3.8) is 0 Å². The van der Waals surface area contributed by atoms with Crippen molar-refractivity contribution < 1.29 is 18.1 Å². The quantitative estimate of drug-likeness (QED) is 0.411. The van der Waals surface area contributed by atoms with Gasteiger partial charge in [0.15, 0.2) is 0 Å². The first kappa shape index (κ1) is 25.1. The molecule has 0 aliphatic carbocycles. The Balaban J connectivity index is 1.79. The van der Waals surface area contributed by atoms with Gasteiger partial charge in [-0.3, -0.25) is 14.9 Å². The summed E-state index contributed by atoms with van der Waals surface area (Å²) < 4.78 is 26.9. The Labute approximate surface area is 198 Å². The van der Waals surface area contributed by atoms with E-state index in [0.29, 0.717) is 31.9 Å². The normalized spacial score (nSPS) is 14.7. The number of rotatable bonds is 8. The van der Waals surface area contributed by atoms with Crippen LogP contribution in [0.3, 0.4) is 0 Å². The van der Waals surface area contributed by atoms with Gasteiger partial charge >= 0.3 is 0 Å².